The molecule has 9 heteroatoms. The van der Waals surface area contributed by atoms with Gasteiger partial charge in [-0.05, 0) is 36.2 Å². The van der Waals surface area contributed by atoms with E-state index in [0.29, 0.717) is 17.2 Å². The largest absolute Gasteiger partial charge is 0.484 e. The number of fused-ring (bicyclic) bond motifs is 1. The van der Waals surface area contributed by atoms with Crippen molar-refractivity contribution < 1.29 is 31.5 Å². The molecule has 0 fully saturated rings. The molecule has 0 aliphatic carbocycles. The Kier molecular flexibility index (Phi) is 5.58. The average molecular weight is 409 g/mol. The van der Waals surface area contributed by atoms with E-state index in [2.05, 4.69) is 5.32 Å². The van der Waals surface area contributed by atoms with Crippen LogP contribution in [0.25, 0.3) is 11.0 Å². The zero-order valence-corrected chi connectivity index (χ0v) is 15.1. The highest BCUT2D eigenvalue weighted by atomic mass is 19.4. The summed E-state index contributed by atoms with van der Waals surface area (Å²) in [5, 5.41) is 2.24. The number of carbonyl (C=O) groups excluding carboxylic acids is 1. The first-order valence-electron chi connectivity index (χ1n) is 8.43. The molecule has 2 aromatic carbocycles. The minimum atomic E-state index is -4.72. The molecular formula is C20H15F4NO4. The summed E-state index contributed by atoms with van der Waals surface area (Å²) in [7, 11) is 0. The molecule has 1 N–H and O–H groups in total. The smallest absolute Gasteiger partial charge is 0.417 e. The van der Waals surface area contributed by atoms with Crippen LogP contribution in [0.4, 0.5) is 17.6 Å². The van der Waals surface area contributed by atoms with Gasteiger partial charge >= 0.3 is 11.8 Å². The van der Waals surface area contributed by atoms with Crippen molar-refractivity contribution in [2.75, 3.05) is 6.61 Å². The number of benzene rings is 2. The van der Waals surface area contributed by atoms with E-state index in [1.807, 2.05) is 0 Å². The van der Waals surface area contributed by atoms with E-state index in [1.54, 1.807) is 19.1 Å². The average Bonchev–Trinajstić information content (AvgIpc) is 2.65. The summed E-state index contributed by atoms with van der Waals surface area (Å²) in [4.78, 5) is 23.3. The van der Waals surface area contributed by atoms with Gasteiger partial charge in [-0.25, -0.2) is 9.18 Å². The van der Waals surface area contributed by atoms with Crippen LogP contribution in [0.3, 0.4) is 0 Å². The summed E-state index contributed by atoms with van der Waals surface area (Å²) in [5.41, 5.74) is -1.52. The summed E-state index contributed by atoms with van der Waals surface area (Å²) < 4.78 is 62.6. The maximum absolute atomic E-state index is 13.5. The van der Waals surface area contributed by atoms with Gasteiger partial charge in [0.05, 0.1) is 5.56 Å². The Balaban J connectivity index is 1.66. The third kappa shape index (κ3) is 4.92. The van der Waals surface area contributed by atoms with Crippen LogP contribution in [0.2, 0.25) is 0 Å². The van der Waals surface area contributed by atoms with E-state index < -0.39 is 29.9 Å². The van der Waals surface area contributed by atoms with E-state index in [-0.39, 0.29) is 29.1 Å². The summed E-state index contributed by atoms with van der Waals surface area (Å²) >= 11 is 0. The monoisotopic (exact) mass is 409 g/mol. The predicted octanol–water partition coefficient (Wildman–Crippen LogP) is 3.95. The molecule has 0 spiro atoms. The molecule has 0 aliphatic rings. The Morgan fingerprint density at radius 2 is 1.90 bits per heavy atom. The molecule has 0 aliphatic heterocycles. The number of hydrogen-bond acceptors (Lipinski definition) is 4. The van der Waals surface area contributed by atoms with Crippen LogP contribution in [0.5, 0.6) is 5.75 Å². The van der Waals surface area contributed by atoms with Gasteiger partial charge in [0, 0.05) is 24.1 Å². The SMILES string of the molecule is Cc1ccc(CNC(=O)COc2ccc3c(C(F)(F)F)cc(=O)oc3c2)cc1F. The Morgan fingerprint density at radius 1 is 1.14 bits per heavy atom. The summed E-state index contributed by atoms with van der Waals surface area (Å²) in [6.07, 6.45) is -4.72. The fourth-order valence-corrected chi connectivity index (χ4v) is 2.61. The Hall–Kier alpha value is -3.36. The number of ether oxygens (including phenoxy) is 1. The number of aryl methyl sites for hydroxylation is 1. The Bertz CT molecular complexity index is 1120. The lowest BCUT2D eigenvalue weighted by molar-refractivity contribution is -0.136. The van der Waals surface area contributed by atoms with Crippen LogP contribution >= 0.6 is 0 Å². The standard InChI is InChI=1S/C20H15F4NO4/c1-11-2-3-12(6-16(11)21)9-25-18(26)10-28-13-4-5-14-15(20(22,23)24)8-19(27)29-17(14)7-13/h2-8H,9-10H2,1H3,(H,25,26). The van der Waals surface area contributed by atoms with Crippen molar-refractivity contribution >= 4 is 16.9 Å². The maximum atomic E-state index is 13.5. The number of carbonyl (C=O) groups is 1. The molecule has 0 bridgehead atoms. The van der Waals surface area contributed by atoms with E-state index in [1.165, 1.54) is 12.1 Å². The molecule has 5 nitrogen and oxygen atoms in total. The topological polar surface area (TPSA) is 68.5 Å². The van der Waals surface area contributed by atoms with E-state index in [0.717, 1.165) is 12.1 Å². The molecule has 3 rings (SSSR count). The van der Waals surface area contributed by atoms with Crippen molar-refractivity contribution in [2.24, 2.45) is 0 Å². The molecule has 29 heavy (non-hydrogen) atoms. The molecule has 0 saturated heterocycles. The van der Waals surface area contributed by atoms with Gasteiger partial charge in [-0.3, -0.25) is 4.79 Å². The molecule has 0 saturated carbocycles. The van der Waals surface area contributed by atoms with Crippen LogP contribution in [0.1, 0.15) is 16.7 Å². The Labute approximate surface area is 161 Å². The molecule has 152 valence electrons. The molecule has 0 atom stereocenters. The molecular weight excluding hydrogens is 394 g/mol. The van der Waals surface area contributed by atoms with Gasteiger partial charge < -0.3 is 14.5 Å². The number of nitrogens with one attached hydrogen (secondary N) is 1. The van der Waals surface area contributed by atoms with Crippen LogP contribution in [0.15, 0.2) is 51.7 Å². The molecule has 1 aromatic heterocycles. The highest BCUT2D eigenvalue weighted by Gasteiger charge is 2.33. The number of amides is 1. The first-order chi connectivity index (χ1) is 13.6. The minimum Gasteiger partial charge on any atom is -0.484 e. The first kappa shape index (κ1) is 20.4. The summed E-state index contributed by atoms with van der Waals surface area (Å²) in [5.74, 6) is -0.850. The van der Waals surface area contributed by atoms with Gasteiger partial charge in [-0.1, -0.05) is 12.1 Å². The van der Waals surface area contributed by atoms with Gasteiger partial charge in [0.15, 0.2) is 6.61 Å². The summed E-state index contributed by atoms with van der Waals surface area (Å²) in [6, 6.07) is 8.39. The lowest BCUT2D eigenvalue weighted by atomic mass is 10.1. The molecule has 0 unspecified atom stereocenters. The van der Waals surface area contributed by atoms with E-state index >= 15 is 0 Å². The molecule has 3 aromatic rings. The third-order valence-corrected chi connectivity index (χ3v) is 4.12. The first-order valence-corrected chi connectivity index (χ1v) is 8.43. The van der Waals surface area contributed by atoms with Crippen molar-refractivity contribution in [3.05, 3.63) is 75.4 Å². The lowest BCUT2D eigenvalue weighted by Crippen LogP contribution is -2.28. The highest BCUT2D eigenvalue weighted by Crippen LogP contribution is 2.34. The van der Waals surface area contributed by atoms with Gasteiger partial charge in [-0.15, -0.1) is 0 Å². The highest BCUT2D eigenvalue weighted by molar-refractivity contribution is 5.82. The second kappa shape index (κ2) is 7.94. The van der Waals surface area contributed by atoms with Gasteiger partial charge in [0.1, 0.15) is 17.1 Å². The van der Waals surface area contributed by atoms with E-state index in [4.69, 9.17) is 9.15 Å². The second-order valence-corrected chi connectivity index (χ2v) is 6.28. The zero-order chi connectivity index (χ0) is 21.2. The molecule has 0 radical (unpaired) electrons. The Morgan fingerprint density at radius 3 is 2.59 bits per heavy atom. The van der Waals surface area contributed by atoms with Gasteiger partial charge in [0.25, 0.3) is 5.91 Å². The fourth-order valence-electron chi connectivity index (χ4n) is 2.61. The zero-order valence-electron chi connectivity index (χ0n) is 15.1. The quantitative estimate of drug-likeness (QED) is 0.512. The number of halogens is 4. The third-order valence-electron chi connectivity index (χ3n) is 4.12. The maximum Gasteiger partial charge on any atom is 0.417 e. The van der Waals surface area contributed by atoms with Crippen molar-refractivity contribution in [1.29, 1.82) is 0 Å². The van der Waals surface area contributed by atoms with Crippen molar-refractivity contribution in [3.8, 4) is 5.75 Å². The normalized spacial score (nSPS) is 11.5. The number of rotatable bonds is 5. The van der Waals surface area contributed by atoms with Crippen LogP contribution < -0.4 is 15.7 Å². The van der Waals surface area contributed by atoms with Gasteiger partial charge in [-0.2, -0.15) is 13.2 Å². The fraction of sp³-hybridized carbons (Fsp3) is 0.200. The number of hydrogen-bond donors (Lipinski definition) is 1. The van der Waals surface area contributed by atoms with E-state index in [9.17, 15) is 27.2 Å². The van der Waals surface area contributed by atoms with Gasteiger partial charge in [0.2, 0.25) is 0 Å². The van der Waals surface area contributed by atoms with Crippen molar-refractivity contribution in [2.45, 2.75) is 19.6 Å². The lowest BCUT2D eigenvalue weighted by Gasteiger charge is -2.11. The molecule has 1 amide bonds. The predicted molar refractivity (Wildman–Crippen MR) is 96.0 cm³/mol. The van der Waals surface area contributed by atoms with Crippen LogP contribution in [-0.4, -0.2) is 12.5 Å². The summed E-state index contributed by atoms with van der Waals surface area (Å²) in [6.45, 7) is 1.28. The van der Waals surface area contributed by atoms with Crippen molar-refractivity contribution in [3.63, 3.8) is 0 Å². The number of alkyl halides is 3. The van der Waals surface area contributed by atoms with Crippen LogP contribution in [-0.2, 0) is 17.5 Å². The minimum absolute atomic E-state index is 0.0523. The van der Waals surface area contributed by atoms with Crippen molar-refractivity contribution in [1.82, 2.24) is 5.32 Å². The second-order valence-electron chi connectivity index (χ2n) is 6.28. The van der Waals surface area contributed by atoms with Crippen LogP contribution in [0, 0.1) is 12.7 Å². The molecule has 1 heterocycles.